The van der Waals surface area contributed by atoms with Crippen molar-refractivity contribution in [3.63, 3.8) is 0 Å². The molecule has 0 radical (unpaired) electrons. The van der Waals surface area contributed by atoms with Gasteiger partial charge >= 0.3 is 0 Å². The Bertz CT molecular complexity index is 151. The highest BCUT2D eigenvalue weighted by molar-refractivity contribution is 5.73. The van der Waals surface area contributed by atoms with Crippen molar-refractivity contribution < 1.29 is 4.79 Å². The Morgan fingerprint density at radius 3 is 2.30 bits per heavy atom. The number of carbonyl (C=O) groups excluding carboxylic acids is 1. The fourth-order valence-corrected chi connectivity index (χ4v) is 1.38. The summed E-state index contributed by atoms with van der Waals surface area (Å²) in [6.45, 7) is 5.96. The molecule has 0 aromatic carbocycles. The summed E-state index contributed by atoms with van der Waals surface area (Å²) in [4.78, 5) is 10.6. The summed E-state index contributed by atoms with van der Waals surface area (Å²) in [5.41, 5.74) is 0.339. The fraction of sp³-hybridized carbons (Fsp3) is 0.875. The molecule has 1 rings (SSSR count). The molecule has 1 saturated carbocycles. The number of amides is 1. The highest BCUT2D eigenvalue weighted by atomic mass is 16.1. The Balaban J connectivity index is 2.37. The van der Waals surface area contributed by atoms with Gasteiger partial charge in [0.15, 0.2) is 0 Å². The first-order valence-electron chi connectivity index (χ1n) is 3.79. The van der Waals surface area contributed by atoms with E-state index in [-0.39, 0.29) is 5.91 Å². The number of hydrogen-bond donors (Lipinski definition) is 1. The second kappa shape index (κ2) is 2.26. The van der Waals surface area contributed by atoms with Gasteiger partial charge in [-0.05, 0) is 18.3 Å². The minimum atomic E-state index is 0.0952. The van der Waals surface area contributed by atoms with Gasteiger partial charge in [-0.3, -0.25) is 4.79 Å². The minimum absolute atomic E-state index is 0.0952. The summed E-state index contributed by atoms with van der Waals surface area (Å²) in [6.07, 6.45) is 2.38. The van der Waals surface area contributed by atoms with Crippen LogP contribution in [-0.4, -0.2) is 11.9 Å². The quantitative estimate of drug-likeness (QED) is 0.586. The topological polar surface area (TPSA) is 29.1 Å². The fourth-order valence-electron chi connectivity index (χ4n) is 1.38. The van der Waals surface area contributed by atoms with Gasteiger partial charge in [0, 0.05) is 13.0 Å². The van der Waals surface area contributed by atoms with Crippen LogP contribution < -0.4 is 5.32 Å². The van der Waals surface area contributed by atoms with E-state index in [4.69, 9.17) is 0 Å². The molecule has 1 aliphatic rings. The van der Waals surface area contributed by atoms with Gasteiger partial charge in [0.05, 0.1) is 0 Å². The van der Waals surface area contributed by atoms with Gasteiger partial charge in [-0.1, -0.05) is 13.8 Å². The van der Waals surface area contributed by atoms with E-state index in [1.165, 1.54) is 6.42 Å². The van der Waals surface area contributed by atoms with Crippen molar-refractivity contribution in [1.29, 1.82) is 0 Å². The first-order chi connectivity index (χ1) is 4.52. The molecule has 0 aliphatic heterocycles. The normalized spacial score (nSPS) is 28.9. The maximum absolute atomic E-state index is 10.6. The molecule has 0 aromatic heterocycles. The average Bonchev–Trinajstić information content (AvgIpc) is 1.81. The molecule has 0 bridgehead atoms. The molecule has 2 nitrogen and oxygen atoms in total. The molecule has 0 heterocycles. The lowest BCUT2D eigenvalue weighted by molar-refractivity contribution is -0.121. The third-order valence-corrected chi connectivity index (χ3v) is 2.40. The highest BCUT2D eigenvalue weighted by Crippen LogP contribution is 2.39. The molecule has 1 atom stereocenters. The van der Waals surface area contributed by atoms with Gasteiger partial charge in [0.2, 0.25) is 5.91 Å². The van der Waals surface area contributed by atoms with E-state index in [1.54, 1.807) is 6.92 Å². The second-order valence-corrected chi connectivity index (χ2v) is 3.78. The number of hydrogen-bond acceptors (Lipinski definition) is 1. The summed E-state index contributed by atoms with van der Waals surface area (Å²) in [6, 6.07) is 0.421. The second-order valence-electron chi connectivity index (χ2n) is 3.78. The van der Waals surface area contributed by atoms with E-state index in [0.29, 0.717) is 11.5 Å². The van der Waals surface area contributed by atoms with Gasteiger partial charge in [0.1, 0.15) is 0 Å². The first-order valence-corrected chi connectivity index (χ1v) is 3.79. The van der Waals surface area contributed by atoms with Crippen LogP contribution in [0.3, 0.4) is 0 Å². The zero-order valence-corrected chi connectivity index (χ0v) is 6.90. The van der Waals surface area contributed by atoms with Crippen molar-refractivity contribution in [3.05, 3.63) is 0 Å². The van der Waals surface area contributed by atoms with Gasteiger partial charge in [0.25, 0.3) is 0 Å². The third kappa shape index (κ3) is 1.31. The summed E-state index contributed by atoms with van der Waals surface area (Å²) in [5, 5.41) is 2.93. The molecule has 0 saturated heterocycles. The smallest absolute Gasteiger partial charge is 0.217 e. The van der Waals surface area contributed by atoms with Crippen molar-refractivity contribution in [2.45, 2.75) is 39.7 Å². The van der Waals surface area contributed by atoms with Crippen molar-refractivity contribution in [3.8, 4) is 0 Å². The molecule has 2 heteroatoms. The predicted octanol–water partition coefficient (Wildman–Crippen LogP) is 1.31. The zero-order chi connectivity index (χ0) is 7.78. The third-order valence-electron chi connectivity index (χ3n) is 2.40. The maximum Gasteiger partial charge on any atom is 0.217 e. The Morgan fingerprint density at radius 2 is 2.20 bits per heavy atom. The van der Waals surface area contributed by atoms with Crippen molar-refractivity contribution in [1.82, 2.24) is 5.32 Å². The summed E-state index contributed by atoms with van der Waals surface area (Å²) in [5.74, 6) is 0.0952. The highest BCUT2D eigenvalue weighted by Gasteiger charge is 2.38. The summed E-state index contributed by atoms with van der Waals surface area (Å²) < 4.78 is 0. The minimum Gasteiger partial charge on any atom is -0.353 e. The standard InChI is InChI=1S/C8H15NO/c1-6(10)9-7-4-5-8(7,2)3/h7H,4-5H2,1-3H3,(H,9,10). The number of rotatable bonds is 1. The summed E-state index contributed by atoms with van der Waals surface area (Å²) >= 11 is 0. The molecular formula is C8H15NO. The predicted molar refractivity (Wildman–Crippen MR) is 40.6 cm³/mol. The van der Waals surface area contributed by atoms with E-state index >= 15 is 0 Å². The van der Waals surface area contributed by atoms with Crippen LogP contribution >= 0.6 is 0 Å². The van der Waals surface area contributed by atoms with E-state index in [2.05, 4.69) is 19.2 Å². The van der Waals surface area contributed by atoms with Crippen LogP contribution in [-0.2, 0) is 4.79 Å². The van der Waals surface area contributed by atoms with Crippen molar-refractivity contribution in [2.75, 3.05) is 0 Å². The zero-order valence-electron chi connectivity index (χ0n) is 6.90. The maximum atomic E-state index is 10.6. The molecule has 1 N–H and O–H groups in total. The average molecular weight is 141 g/mol. The summed E-state index contributed by atoms with van der Waals surface area (Å²) in [7, 11) is 0. The molecular weight excluding hydrogens is 126 g/mol. The number of carbonyl (C=O) groups is 1. The van der Waals surface area contributed by atoms with Crippen molar-refractivity contribution >= 4 is 5.91 Å². The lowest BCUT2D eigenvalue weighted by atomic mass is 9.67. The van der Waals surface area contributed by atoms with Crippen LogP contribution in [0.25, 0.3) is 0 Å². The van der Waals surface area contributed by atoms with Gasteiger partial charge in [-0.2, -0.15) is 0 Å². The van der Waals surface area contributed by atoms with E-state index in [1.807, 2.05) is 0 Å². The van der Waals surface area contributed by atoms with E-state index in [0.717, 1.165) is 6.42 Å². The van der Waals surface area contributed by atoms with E-state index < -0.39 is 0 Å². The van der Waals surface area contributed by atoms with Crippen LogP contribution in [0, 0.1) is 5.41 Å². The van der Waals surface area contributed by atoms with Gasteiger partial charge < -0.3 is 5.32 Å². The Hall–Kier alpha value is -0.530. The van der Waals surface area contributed by atoms with Crippen LogP contribution in [0.1, 0.15) is 33.6 Å². The molecule has 1 unspecified atom stereocenters. The Kier molecular flexibility index (Phi) is 1.71. The molecule has 1 aliphatic carbocycles. The van der Waals surface area contributed by atoms with Crippen molar-refractivity contribution in [2.24, 2.45) is 5.41 Å². The Morgan fingerprint density at radius 1 is 1.60 bits per heavy atom. The monoisotopic (exact) mass is 141 g/mol. The van der Waals surface area contributed by atoms with Crippen LogP contribution in [0.2, 0.25) is 0 Å². The lowest BCUT2D eigenvalue weighted by Crippen LogP contribution is -2.51. The largest absolute Gasteiger partial charge is 0.353 e. The lowest BCUT2D eigenvalue weighted by Gasteiger charge is -2.44. The SMILES string of the molecule is CC(=O)NC1CCC1(C)C. The molecule has 10 heavy (non-hydrogen) atoms. The molecule has 1 fully saturated rings. The van der Waals surface area contributed by atoms with Gasteiger partial charge in [-0.15, -0.1) is 0 Å². The molecule has 0 aromatic rings. The van der Waals surface area contributed by atoms with E-state index in [9.17, 15) is 4.79 Å². The van der Waals surface area contributed by atoms with Crippen LogP contribution in [0.4, 0.5) is 0 Å². The van der Waals surface area contributed by atoms with Crippen LogP contribution in [0.15, 0.2) is 0 Å². The van der Waals surface area contributed by atoms with Gasteiger partial charge in [-0.25, -0.2) is 0 Å². The van der Waals surface area contributed by atoms with Crippen LogP contribution in [0.5, 0.6) is 0 Å². The molecule has 1 amide bonds. The first kappa shape index (κ1) is 7.58. The molecule has 0 spiro atoms. The molecule has 58 valence electrons. The Labute approximate surface area is 62.0 Å². The number of nitrogens with one attached hydrogen (secondary N) is 1.